The second kappa shape index (κ2) is 5.70. The second-order valence-corrected chi connectivity index (χ2v) is 4.71. The van der Waals surface area contributed by atoms with Crippen molar-refractivity contribution in [2.24, 2.45) is 0 Å². The average Bonchev–Trinajstić information content (AvgIpc) is 2.56. The maximum atomic E-state index is 12.4. The van der Waals surface area contributed by atoms with E-state index in [0.29, 0.717) is 23.6 Å². The summed E-state index contributed by atoms with van der Waals surface area (Å²) in [6.07, 6.45) is 5.83. The first-order chi connectivity index (χ1) is 10.6. The van der Waals surface area contributed by atoms with E-state index < -0.39 is 5.89 Å². The highest BCUT2D eigenvalue weighted by Gasteiger charge is 2.15. The predicted octanol–water partition coefficient (Wildman–Crippen LogP) is 4.54. The SMILES string of the molecule is [2H]c1ccc(C(=O)C2=CCC([2H])(c3ccccc3)C=C2)cc1. The van der Waals surface area contributed by atoms with Gasteiger partial charge in [0.15, 0.2) is 5.78 Å². The minimum atomic E-state index is -0.809. The lowest BCUT2D eigenvalue weighted by Gasteiger charge is -2.16. The molecular formula is C19H16O. The Hall–Kier alpha value is -2.41. The maximum Gasteiger partial charge on any atom is 0.192 e. The Kier molecular flexibility index (Phi) is 2.96. The lowest BCUT2D eigenvalue weighted by molar-refractivity contribution is 0.103. The van der Waals surface area contributed by atoms with E-state index in [1.807, 2.05) is 36.4 Å². The molecule has 2 aromatic carbocycles. The molecule has 1 heteroatoms. The van der Waals surface area contributed by atoms with E-state index in [2.05, 4.69) is 0 Å². The molecule has 2 aromatic rings. The lowest BCUT2D eigenvalue weighted by Crippen LogP contribution is -2.06. The summed E-state index contributed by atoms with van der Waals surface area (Å²) < 4.78 is 16.0. The molecule has 0 N–H and O–H groups in total. The van der Waals surface area contributed by atoms with Gasteiger partial charge in [0.2, 0.25) is 0 Å². The summed E-state index contributed by atoms with van der Waals surface area (Å²) in [4.78, 5) is 12.4. The third-order valence-corrected chi connectivity index (χ3v) is 3.39. The minimum Gasteiger partial charge on any atom is -0.289 e. The Morgan fingerprint density at radius 1 is 1.10 bits per heavy atom. The molecule has 0 aromatic heterocycles. The molecule has 1 nitrogen and oxygen atoms in total. The van der Waals surface area contributed by atoms with E-state index in [1.54, 1.807) is 36.4 Å². The fraction of sp³-hybridized carbons (Fsp3) is 0.105. The van der Waals surface area contributed by atoms with Crippen LogP contribution in [0.4, 0.5) is 0 Å². The van der Waals surface area contributed by atoms with Crippen LogP contribution in [0.1, 0.15) is 31.0 Å². The van der Waals surface area contributed by atoms with E-state index >= 15 is 0 Å². The van der Waals surface area contributed by atoms with E-state index in [4.69, 9.17) is 2.74 Å². The number of carbonyl (C=O) groups is 1. The number of ketones is 1. The molecule has 0 amide bonds. The van der Waals surface area contributed by atoms with Crippen molar-refractivity contribution < 1.29 is 7.54 Å². The molecule has 1 aliphatic rings. The zero-order valence-electron chi connectivity index (χ0n) is 13.0. The van der Waals surface area contributed by atoms with Crippen molar-refractivity contribution in [1.82, 2.24) is 0 Å². The van der Waals surface area contributed by atoms with Crippen molar-refractivity contribution in [3.63, 3.8) is 0 Å². The van der Waals surface area contributed by atoms with Crippen LogP contribution in [0.3, 0.4) is 0 Å². The summed E-state index contributed by atoms with van der Waals surface area (Å²) in [6.45, 7) is 0. The Balaban J connectivity index is 1.81. The van der Waals surface area contributed by atoms with Crippen molar-refractivity contribution in [1.29, 1.82) is 0 Å². The van der Waals surface area contributed by atoms with E-state index in [9.17, 15) is 4.79 Å². The van der Waals surface area contributed by atoms with Gasteiger partial charge in [0.05, 0.1) is 1.37 Å². The van der Waals surface area contributed by atoms with Gasteiger partial charge in [-0.15, -0.1) is 0 Å². The van der Waals surface area contributed by atoms with Gasteiger partial charge in [-0.05, 0) is 12.0 Å². The Morgan fingerprint density at radius 3 is 2.50 bits per heavy atom. The fourth-order valence-electron chi connectivity index (χ4n) is 2.29. The number of Topliss-reactive ketones (excluding diaryl/α,β-unsaturated/α-hetero) is 1. The third-order valence-electron chi connectivity index (χ3n) is 3.39. The van der Waals surface area contributed by atoms with Gasteiger partial charge in [-0.2, -0.15) is 0 Å². The van der Waals surface area contributed by atoms with Gasteiger partial charge < -0.3 is 0 Å². The quantitative estimate of drug-likeness (QED) is 0.742. The molecule has 98 valence electrons. The lowest BCUT2D eigenvalue weighted by atomic mass is 9.88. The molecule has 0 spiro atoms. The number of allylic oxidation sites excluding steroid dienone is 4. The molecule has 0 bridgehead atoms. The molecule has 0 saturated heterocycles. The number of rotatable bonds is 3. The number of hydrogen-bond donors (Lipinski definition) is 0. The molecule has 1 atom stereocenters. The smallest absolute Gasteiger partial charge is 0.192 e. The average molecular weight is 262 g/mol. The van der Waals surface area contributed by atoms with Crippen LogP contribution in [-0.2, 0) is 0 Å². The first kappa shape index (κ1) is 10.4. The van der Waals surface area contributed by atoms with Gasteiger partial charge in [0.1, 0.15) is 0 Å². The molecule has 1 aliphatic carbocycles. The molecular weight excluding hydrogens is 244 g/mol. The van der Waals surface area contributed by atoms with Crippen molar-refractivity contribution in [3.05, 3.63) is 95.6 Å². The number of hydrogen-bond acceptors (Lipinski definition) is 1. The van der Waals surface area contributed by atoms with E-state index in [-0.39, 0.29) is 5.78 Å². The number of benzene rings is 2. The molecule has 1 unspecified atom stereocenters. The Morgan fingerprint density at radius 2 is 1.85 bits per heavy atom. The van der Waals surface area contributed by atoms with Gasteiger partial charge >= 0.3 is 0 Å². The Bertz CT molecular complexity index is 745. The standard InChI is InChI=1S/C19H16O/c20-19(17-9-5-2-6-10-17)18-13-11-16(12-14-18)15-7-3-1-4-8-15/h1-11,13-14,16H,12H2/i2D,16D. The van der Waals surface area contributed by atoms with Gasteiger partial charge in [-0.3, -0.25) is 4.79 Å². The highest BCUT2D eigenvalue weighted by molar-refractivity contribution is 6.10. The van der Waals surface area contributed by atoms with Crippen molar-refractivity contribution in [2.45, 2.75) is 12.3 Å². The summed E-state index contributed by atoms with van der Waals surface area (Å²) in [5.74, 6) is -0.873. The van der Waals surface area contributed by atoms with Crippen LogP contribution in [0, 0.1) is 0 Å². The summed E-state index contributed by atoms with van der Waals surface area (Å²) in [6, 6.07) is 16.6. The van der Waals surface area contributed by atoms with Crippen LogP contribution in [0.2, 0.25) is 0 Å². The van der Waals surface area contributed by atoms with Gasteiger partial charge in [0, 0.05) is 18.4 Å². The maximum absolute atomic E-state index is 12.4. The highest BCUT2D eigenvalue weighted by Crippen LogP contribution is 2.27. The molecule has 0 aliphatic heterocycles. The minimum absolute atomic E-state index is 0.0636. The van der Waals surface area contributed by atoms with Gasteiger partial charge in [0.25, 0.3) is 0 Å². The molecule has 20 heavy (non-hydrogen) atoms. The van der Waals surface area contributed by atoms with Crippen LogP contribution in [0.5, 0.6) is 0 Å². The molecule has 0 saturated carbocycles. The van der Waals surface area contributed by atoms with Crippen molar-refractivity contribution in [2.75, 3.05) is 0 Å². The third kappa shape index (κ3) is 2.62. The summed E-state index contributed by atoms with van der Waals surface area (Å²) in [7, 11) is 0. The summed E-state index contributed by atoms with van der Waals surface area (Å²) in [5, 5.41) is 0. The first-order valence-electron chi connectivity index (χ1n) is 7.65. The monoisotopic (exact) mass is 262 g/mol. The summed E-state index contributed by atoms with van der Waals surface area (Å²) in [5.41, 5.74) is 2.10. The zero-order valence-corrected chi connectivity index (χ0v) is 11.0. The van der Waals surface area contributed by atoms with Crippen LogP contribution in [0.15, 0.2) is 84.4 Å². The van der Waals surface area contributed by atoms with Crippen LogP contribution >= 0.6 is 0 Å². The van der Waals surface area contributed by atoms with Crippen molar-refractivity contribution >= 4 is 5.78 Å². The highest BCUT2D eigenvalue weighted by atomic mass is 16.1. The zero-order chi connectivity index (χ0) is 15.6. The van der Waals surface area contributed by atoms with Crippen LogP contribution in [0.25, 0.3) is 0 Å². The molecule has 3 rings (SSSR count). The van der Waals surface area contributed by atoms with Crippen LogP contribution < -0.4 is 0 Å². The largest absolute Gasteiger partial charge is 0.289 e. The van der Waals surface area contributed by atoms with E-state index in [0.717, 1.165) is 5.56 Å². The van der Waals surface area contributed by atoms with Crippen molar-refractivity contribution in [3.8, 4) is 0 Å². The summed E-state index contributed by atoms with van der Waals surface area (Å²) >= 11 is 0. The molecule has 0 radical (unpaired) electrons. The molecule has 0 heterocycles. The topological polar surface area (TPSA) is 17.1 Å². The predicted molar refractivity (Wildman–Crippen MR) is 81.8 cm³/mol. The number of carbonyl (C=O) groups excluding carboxylic acids is 1. The Labute approximate surface area is 122 Å². The fourth-order valence-corrected chi connectivity index (χ4v) is 2.29. The first-order valence-corrected chi connectivity index (χ1v) is 6.65. The second-order valence-electron chi connectivity index (χ2n) is 4.71. The van der Waals surface area contributed by atoms with Crippen LogP contribution in [-0.4, -0.2) is 5.78 Å². The normalized spacial score (nSPS) is 22.7. The van der Waals surface area contributed by atoms with Gasteiger partial charge in [-0.1, -0.05) is 78.9 Å². The molecule has 0 fully saturated rings. The van der Waals surface area contributed by atoms with Gasteiger partial charge in [-0.25, -0.2) is 0 Å². The van der Waals surface area contributed by atoms with E-state index in [1.165, 1.54) is 0 Å².